The number of anilines is 1. The maximum absolute atomic E-state index is 13.6. The Morgan fingerprint density at radius 1 is 1.16 bits per heavy atom. The van der Waals surface area contributed by atoms with Crippen LogP contribution in [0.15, 0.2) is 54.7 Å². The first-order valence-corrected chi connectivity index (χ1v) is 7.06. The number of para-hydroxylation sites is 1. The quantitative estimate of drug-likeness (QED) is 0.768. The smallest absolute Gasteiger partial charge is 0.387 e. The summed E-state index contributed by atoms with van der Waals surface area (Å²) in [6.45, 7) is -3.14. The Labute approximate surface area is 139 Å². The van der Waals surface area contributed by atoms with Crippen LogP contribution in [0.5, 0.6) is 5.75 Å². The number of hydrogen-bond donors (Lipinski definition) is 1. The number of rotatable bonds is 5. The van der Waals surface area contributed by atoms with Gasteiger partial charge >= 0.3 is 6.61 Å². The van der Waals surface area contributed by atoms with Gasteiger partial charge in [0.25, 0.3) is 5.91 Å². The van der Waals surface area contributed by atoms with Crippen LogP contribution in [-0.4, -0.2) is 27.5 Å². The Morgan fingerprint density at radius 3 is 2.60 bits per heavy atom. The van der Waals surface area contributed by atoms with Crippen molar-refractivity contribution in [2.45, 2.75) is 6.61 Å². The molecule has 1 heterocycles. The number of alkyl halides is 2. The summed E-state index contributed by atoms with van der Waals surface area (Å²) in [5, 5.41) is 10.00. The van der Waals surface area contributed by atoms with Crippen molar-refractivity contribution in [3.63, 3.8) is 0 Å². The molecule has 0 aliphatic heterocycles. The van der Waals surface area contributed by atoms with Gasteiger partial charge in [0, 0.05) is 11.8 Å². The molecule has 0 spiro atoms. The molecule has 1 aromatic heterocycles. The minimum Gasteiger partial charge on any atom is -0.432 e. The number of amides is 1. The molecule has 0 aliphatic rings. The topological polar surface area (TPSA) is 69.0 Å². The van der Waals surface area contributed by atoms with Gasteiger partial charge < -0.3 is 10.1 Å². The SMILES string of the molecule is O=C(Nc1ccc(OC(F)F)c(F)c1)c1cn(-c2ccccc2)nn1. The molecular formula is C16H11F3N4O2. The normalized spacial score (nSPS) is 10.7. The second kappa shape index (κ2) is 7.04. The maximum Gasteiger partial charge on any atom is 0.387 e. The average molecular weight is 348 g/mol. The lowest BCUT2D eigenvalue weighted by atomic mass is 10.2. The van der Waals surface area contributed by atoms with Crippen LogP contribution in [0.1, 0.15) is 10.5 Å². The van der Waals surface area contributed by atoms with Crippen molar-refractivity contribution in [1.29, 1.82) is 0 Å². The van der Waals surface area contributed by atoms with E-state index in [1.54, 1.807) is 12.1 Å². The van der Waals surface area contributed by atoms with Crippen LogP contribution in [0.3, 0.4) is 0 Å². The van der Waals surface area contributed by atoms with E-state index in [0.29, 0.717) is 5.69 Å². The molecule has 0 fully saturated rings. The number of aromatic nitrogens is 3. The number of hydrogen-bond acceptors (Lipinski definition) is 4. The third-order valence-corrected chi connectivity index (χ3v) is 3.15. The standard InChI is InChI=1S/C16H11F3N4O2/c17-12-8-10(6-7-14(12)25-16(18)19)20-15(24)13-9-23(22-21-13)11-4-2-1-3-5-11/h1-9,16H,(H,20,24). The van der Waals surface area contributed by atoms with Gasteiger partial charge in [-0.2, -0.15) is 8.78 Å². The van der Waals surface area contributed by atoms with Crippen LogP contribution in [0.2, 0.25) is 0 Å². The molecule has 0 bridgehead atoms. The van der Waals surface area contributed by atoms with Crippen LogP contribution in [0, 0.1) is 5.82 Å². The lowest BCUT2D eigenvalue weighted by Gasteiger charge is -2.08. The van der Waals surface area contributed by atoms with Crippen molar-refractivity contribution >= 4 is 11.6 Å². The van der Waals surface area contributed by atoms with E-state index < -0.39 is 24.1 Å². The fourth-order valence-corrected chi connectivity index (χ4v) is 2.04. The molecule has 6 nitrogen and oxygen atoms in total. The highest BCUT2D eigenvalue weighted by molar-refractivity contribution is 6.02. The van der Waals surface area contributed by atoms with Crippen molar-refractivity contribution < 1.29 is 22.7 Å². The maximum atomic E-state index is 13.6. The summed E-state index contributed by atoms with van der Waals surface area (Å²) < 4.78 is 43.3. The predicted molar refractivity (Wildman–Crippen MR) is 82.3 cm³/mol. The second-order valence-electron chi connectivity index (χ2n) is 4.86. The van der Waals surface area contributed by atoms with E-state index in [0.717, 1.165) is 12.1 Å². The van der Waals surface area contributed by atoms with Gasteiger partial charge in [0.05, 0.1) is 11.9 Å². The van der Waals surface area contributed by atoms with Crippen molar-refractivity contribution in [2.75, 3.05) is 5.32 Å². The van der Waals surface area contributed by atoms with Crippen LogP contribution >= 0.6 is 0 Å². The summed E-state index contributed by atoms with van der Waals surface area (Å²) in [4.78, 5) is 12.1. The molecule has 3 aromatic rings. The fraction of sp³-hybridized carbons (Fsp3) is 0.0625. The number of carbonyl (C=O) groups is 1. The fourth-order valence-electron chi connectivity index (χ4n) is 2.04. The van der Waals surface area contributed by atoms with E-state index in [1.807, 2.05) is 18.2 Å². The molecule has 0 saturated carbocycles. The highest BCUT2D eigenvalue weighted by Crippen LogP contribution is 2.23. The van der Waals surface area contributed by atoms with E-state index in [9.17, 15) is 18.0 Å². The van der Waals surface area contributed by atoms with Gasteiger partial charge in [0.1, 0.15) is 0 Å². The van der Waals surface area contributed by atoms with Gasteiger partial charge in [0.15, 0.2) is 17.3 Å². The minimum atomic E-state index is -3.14. The third-order valence-electron chi connectivity index (χ3n) is 3.15. The van der Waals surface area contributed by atoms with Crippen molar-refractivity contribution in [2.24, 2.45) is 0 Å². The molecule has 2 aromatic carbocycles. The van der Waals surface area contributed by atoms with Gasteiger partial charge in [-0.15, -0.1) is 5.10 Å². The summed E-state index contributed by atoms with van der Waals surface area (Å²) in [7, 11) is 0. The van der Waals surface area contributed by atoms with Gasteiger partial charge in [0.2, 0.25) is 0 Å². The molecule has 0 unspecified atom stereocenters. The predicted octanol–water partition coefficient (Wildman–Crippen LogP) is 3.26. The lowest BCUT2D eigenvalue weighted by Crippen LogP contribution is -2.13. The molecular weight excluding hydrogens is 337 g/mol. The zero-order valence-electron chi connectivity index (χ0n) is 12.6. The summed E-state index contributed by atoms with van der Waals surface area (Å²) >= 11 is 0. The van der Waals surface area contributed by atoms with E-state index in [-0.39, 0.29) is 11.4 Å². The Bertz CT molecular complexity index is 884. The monoisotopic (exact) mass is 348 g/mol. The number of benzene rings is 2. The number of carbonyl (C=O) groups excluding carboxylic acids is 1. The molecule has 0 aliphatic carbocycles. The molecule has 1 amide bonds. The van der Waals surface area contributed by atoms with Gasteiger partial charge in [-0.1, -0.05) is 23.4 Å². The summed E-state index contributed by atoms with van der Waals surface area (Å²) in [6.07, 6.45) is 1.41. The van der Waals surface area contributed by atoms with Gasteiger partial charge in [-0.05, 0) is 24.3 Å². The zero-order valence-corrected chi connectivity index (χ0v) is 12.6. The van der Waals surface area contributed by atoms with E-state index in [2.05, 4.69) is 20.4 Å². The first-order chi connectivity index (χ1) is 12.0. The lowest BCUT2D eigenvalue weighted by molar-refractivity contribution is -0.0521. The Kier molecular flexibility index (Phi) is 4.64. The molecule has 25 heavy (non-hydrogen) atoms. The molecule has 9 heteroatoms. The number of halogens is 3. The summed E-state index contributed by atoms with van der Waals surface area (Å²) in [6, 6.07) is 12.1. The van der Waals surface area contributed by atoms with Crippen molar-refractivity contribution in [3.05, 3.63) is 66.2 Å². The Morgan fingerprint density at radius 2 is 1.92 bits per heavy atom. The first-order valence-electron chi connectivity index (χ1n) is 7.06. The Balaban J connectivity index is 1.72. The van der Waals surface area contributed by atoms with Crippen LogP contribution < -0.4 is 10.1 Å². The van der Waals surface area contributed by atoms with Crippen molar-refractivity contribution in [3.8, 4) is 11.4 Å². The summed E-state index contributed by atoms with van der Waals surface area (Å²) in [5.74, 6) is -2.25. The van der Waals surface area contributed by atoms with E-state index in [1.165, 1.54) is 16.9 Å². The minimum absolute atomic E-state index is 0.0113. The van der Waals surface area contributed by atoms with Crippen LogP contribution in [0.25, 0.3) is 5.69 Å². The molecule has 3 rings (SSSR count). The summed E-state index contributed by atoms with van der Waals surface area (Å²) in [5.41, 5.74) is 0.796. The number of nitrogens with one attached hydrogen (secondary N) is 1. The average Bonchev–Trinajstić information content (AvgIpc) is 3.08. The molecule has 128 valence electrons. The Hall–Kier alpha value is -3.36. The largest absolute Gasteiger partial charge is 0.432 e. The molecule has 0 radical (unpaired) electrons. The first kappa shape index (κ1) is 16.5. The highest BCUT2D eigenvalue weighted by atomic mass is 19.3. The van der Waals surface area contributed by atoms with E-state index in [4.69, 9.17) is 0 Å². The molecule has 0 saturated heterocycles. The zero-order chi connectivity index (χ0) is 17.8. The third kappa shape index (κ3) is 3.94. The number of ether oxygens (including phenoxy) is 1. The van der Waals surface area contributed by atoms with Crippen LogP contribution in [-0.2, 0) is 0 Å². The van der Waals surface area contributed by atoms with E-state index >= 15 is 0 Å². The highest BCUT2D eigenvalue weighted by Gasteiger charge is 2.14. The van der Waals surface area contributed by atoms with Gasteiger partial charge in [-0.25, -0.2) is 9.07 Å². The second-order valence-corrected chi connectivity index (χ2v) is 4.86. The molecule has 0 atom stereocenters. The number of nitrogens with zero attached hydrogens (tertiary/aromatic N) is 3. The van der Waals surface area contributed by atoms with Crippen molar-refractivity contribution in [1.82, 2.24) is 15.0 Å². The molecule has 1 N–H and O–H groups in total. The van der Waals surface area contributed by atoms with Crippen LogP contribution in [0.4, 0.5) is 18.9 Å². The van der Waals surface area contributed by atoms with Gasteiger partial charge in [-0.3, -0.25) is 4.79 Å².